The molecule has 2 heterocycles. The zero-order valence-electron chi connectivity index (χ0n) is 15.6. The number of carbonyl (C=O) groups is 1. The van der Waals surface area contributed by atoms with Gasteiger partial charge in [-0.05, 0) is 49.9 Å². The fraction of sp³-hybridized carbons (Fsp3) is 0.650. The lowest BCUT2D eigenvalue weighted by molar-refractivity contribution is -0.119. The van der Waals surface area contributed by atoms with Gasteiger partial charge in [-0.3, -0.25) is 9.69 Å². The number of piperidine rings is 1. The first-order valence-electron chi connectivity index (χ1n) is 9.39. The fourth-order valence-corrected chi connectivity index (χ4v) is 3.76. The lowest BCUT2D eigenvalue weighted by Crippen LogP contribution is -2.42. The molecule has 0 saturated carbocycles. The molecule has 1 aromatic carbocycles. The lowest BCUT2D eigenvalue weighted by atomic mass is 9.96. The van der Waals surface area contributed by atoms with Crippen LogP contribution in [0.25, 0.3) is 0 Å². The van der Waals surface area contributed by atoms with E-state index in [1.807, 2.05) is 0 Å². The standard InChI is InChI=1S/C20H30N2O3/c1-14(2)17-6-4-5-15(3)19(17)21-18(23)13-22-9-7-16(8-10-22)20-24-11-12-25-20/h4-6,14,16,20H,7-13H2,1-3H3,(H,21,23). The summed E-state index contributed by atoms with van der Waals surface area (Å²) in [7, 11) is 0. The molecular formula is C20H30N2O3. The highest BCUT2D eigenvalue weighted by molar-refractivity contribution is 5.93. The topological polar surface area (TPSA) is 50.8 Å². The Hall–Kier alpha value is -1.43. The van der Waals surface area contributed by atoms with Gasteiger partial charge < -0.3 is 14.8 Å². The van der Waals surface area contributed by atoms with E-state index in [0.717, 1.165) is 37.2 Å². The predicted octanol–water partition coefficient (Wildman–Crippen LogP) is 3.14. The molecule has 0 atom stereocenters. The molecule has 2 fully saturated rings. The van der Waals surface area contributed by atoms with Crippen LogP contribution in [0.4, 0.5) is 5.69 Å². The van der Waals surface area contributed by atoms with E-state index >= 15 is 0 Å². The summed E-state index contributed by atoms with van der Waals surface area (Å²) in [6.45, 7) is 10.1. The SMILES string of the molecule is Cc1cccc(C(C)C)c1NC(=O)CN1CCC(C2OCCO2)CC1. The molecule has 2 aliphatic rings. The number of rotatable bonds is 5. The number of aryl methyl sites for hydroxylation is 1. The average Bonchev–Trinajstić information content (AvgIpc) is 3.11. The normalized spacial score (nSPS) is 20.3. The number of ether oxygens (including phenoxy) is 2. The molecule has 1 aromatic rings. The van der Waals surface area contributed by atoms with Gasteiger partial charge in [-0.2, -0.15) is 0 Å². The smallest absolute Gasteiger partial charge is 0.238 e. The number of nitrogens with zero attached hydrogens (tertiary/aromatic N) is 1. The predicted molar refractivity (Wildman–Crippen MR) is 98.8 cm³/mol. The third-order valence-corrected chi connectivity index (χ3v) is 5.22. The first kappa shape index (κ1) is 18.4. The highest BCUT2D eigenvalue weighted by atomic mass is 16.7. The number of amides is 1. The second kappa shape index (κ2) is 8.30. The summed E-state index contributed by atoms with van der Waals surface area (Å²) in [5.41, 5.74) is 3.29. The molecule has 5 nitrogen and oxygen atoms in total. The van der Waals surface area contributed by atoms with Crippen molar-refractivity contribution < 1.29 is 14.3 Å². The molecule has 3 rings (SSSR count). The van der Waals surface area contributed by atoms with E-state index in [9.17, 15) is 4.79 Å². The molecule has 2 aliphatic heterocycles. The zero-order valence-corrected chi connectivity index (χ0v) is 15.6. The Kier molecular flexibility index (Phi) is 6.10. The van der Waals surface area contributed by atoms with Crippen LogP contribution < -0.4 is 5.32 Å². The van der Waals surface area contributed by atoms with Crippen molar-refractivity contribution in [3.63, 3.8) is 0 Å². The van der Waals surface area contributed by atoms with Gasteiger partial charge in [-0.1, -0.05) is 32.0 Å². The van der Waals surface area contributed by atoms with E-state index < -0.39 is 0 Å². The number of benzene rings is 1. The molecule has 1 amide bonds. The van der Waals surface area contributed by atoms with Crippen molar-refractivity contribution in [3.05, 3.63) is 29.3 Å². The van der Waals surface area contributed by atoms with Crippen molar-refractivity contribution >= 4 is 11.6 Å². The van der Waals surface area contributed by atoms with E-state index in [1.54, 1.807) is 0 Å². The summed E-state index contributed by atoms with van der Waals surface area (Å²) in [4.78, 5) is 14.8. The maximum absolute atomic E-state index is 12.5. The monoisotopic (exact) mass is 346 g/mol. The number of hydrogen-bond donors (Lipinski definition) is 1. The van der Waals surface area contributed by atoms with Gasteiger partial charge in [-0.15, -0.1) is 0 Å². The summed E-state index contributed by atoms with van der Waals surface area (Å²) in [5, 5.41) is 3.14. The molecule has 0 bridgehead atoms. The van der Waals surface area contributed by atoms with Gasteiger partial charge in [0, 0.05) is 11.6 Å². The van der Waals surface area contributed by atoms with E-state index in [2.05, 4.69) is 49.2 Å². The van der Waals surface area contributed by atoms with Gasteiger partial charge in [0.05, 0.1) is 19.8 Å². The maximum Gasteiger partial charge on any atom is 0.238 e. The molecule has 0 radical (unpaired) electrons. The van der Waals surface area contributed by atoms with E-state index in [-0.39, 0.29) is 12.2 Å². The van der Waals surface area contributed by atoms with Gasteiger partial charge in [0.2, 0.25) is 5.91 Å². The number of nitrogens with one attached hydrogen (secondary N) is 1. The molecule has 5 heteroatoms. The van der Waals surface area contributed by atoms with Crippen LogP contribution in [-0.2, 0) is 14.3 Å². The van der Waals surface area contributed by atoms with Gasteiger partial charge in [0.25, 0.3) is 0 Å². The van der Waals surface area contributed by atoms with Crippen LogP contribution >= 0.6 is 0 Å². The average molecular weight is 346 g/mol. The van der Waals surface area contributed by atoms with Crippen molar-refractivity contribution in [2.45, 2.75) is 45.8 Å². The van der Waals surface area contributed by atoms with Crippen molar-refractivity contribution in [1.29, 1.82) is 0 Å². The van der Waals surface area contributed by atoms with Crippen LogP contribution in [0.5, 0.6) is 0 Å². The van der Waals surface area contributed by atoms with Crippen LogP contribution in [0.1, 0.15) is 43.7 Å². The Balaban J connectivity index is 1.52. The molecule has 0 unspecified atom stereocenters. The van der Waals surface area contributed by atoms with E-state index in [0.29, 0.717) is 31.6 Å². The largest absolute Gasteiger partial charge is 0.350 e. The Morgan fingerprint density at radius 3 is 2.56 bits per heavy atom. The highest BCUT2D eigenvalue weighted by Crippen LogP contribution is 2.28. The van der Waals surface area contributed by atoms with Crippen LogP contribution in [-0.4, -0.2) is 49.9 Å². The Morgan fingerprint density at radius 2 is 1.92 bits per heavy atom. The Bertz CT molecular complexity index is 589. The Labute approximate surface area is 150 Å². The molecule has 25 heavy (non-hydrogen) atoms. The van der Waals surface area contributed by atoms with Crippen molar-refractivity contribution in [2.75, 3.05) is 38.2 Å². The molecule has 138 valence electrons. The molecule has 1 N–H and O–H groups in total. The van der Waals surface area contributed by atoms with Gasteiger partial charge in [-0.25, -0.2) is 0 Å². The summed E-state index contributed by atoms with van der Waals surface area (Å²) in [6.07, 6.45) is 2.02. The number of hydrogen-bond acceptors (Lipinski definition) is 4. The van der Waals surface area contributed by atoms with E-state index in [1.165, 1.54) is 5.56 Å². The third-order valence-electron chi connectivity index (χ3n) is 5.22. The zero-order chi connectivity index (χ0) is 17.8. The lowest BCUT2D eigenvalue weighted by Gasteiger charge is -2.33. The fourth-order valence-electron chi connectivity index (χ4n) is 3.76. The van der Waals surface area contributed by atoms with Crippen LogP contribution in [0.3, 0.4) is 0 Å². The summed E-state index contributed by atoms with van der Waals surface area (Å²) in [6, 6.07) is 6.20. The number of para-hydroxylation sites is 1. The second-order valence-corrected chi connectivity index (χ2v) is 7.47. The quantitative estimate of drug-likeness (QED) is 0.890. The number of carbonyl (C=O) groups excluding carboxylic acids is 1. The van der Waals surface area contributed by atoms with Crippen molar-refractivity contribution in [3.8, 4) is 0 Å². The molecule has 0 aliphatic carbocycles. The summed E-state index contributed by atoms with van der Waals surface area (Å²) >= 11 is 0. The van der Waals surface area contributed by atoms with Crippen molar-refractivity contribution in [2.24, 2.45) is 5.92 Å². The molecule has 2 saturated heterocycles. The number of anilines is 1. The van der Waals surface area contributed by atoms with Crippen LogP contribution in [0, 0.1) is 12.8 Å². The Morgan fingerprint density at radius 1 is 1.24 bits per heavy atom. The van der Waals surface area contributed by atoms with Gasteiger partial charge in [0.15, 0.2) is 6.29 Å². The number of likely N-dealkylation sites (tertiary alicyclic amines) is 1. The highest BCUT2D eigenvalue weighted by Gasteiger charge is 2.30. The van der Waals surface area contributed by atoms with E-state index in [4.69, 9.17) is 9.47 Å². The first-order chi connectivity index (χ1) is 12.0. The minimum Gasteiger partial charge on any atom is -0.350 e. The summed E-state index contributed by atoms with van der Waals surface area (Å²) in [5.74, 6) is 0.922. The summed E-state index contributed by atoms with van der Waals surface area (Å²) < 4.78 is 11.2. The molecular weight excluding hydrogens is 316 g/mol. The van der Waals surface area contributed by atoms with Crippen LogP contribution in [0.15, 0.2) is 18.2 Å². The minimum absolute atomic E-state index is 0.0310. The van der Waals surface area contributed by atoms with Crippen molar-refractivity contribution in [1.82, 2.24) is 4.90 Å². The van der Waals surface area contributed by atoms with Gasteiger partial charge in [0.1, 0.15) is 0 Å². The molecule has 0 spiro atoms. The first-order valence-corrected chi connectivity index (χ1v) is 9.39. The van der Waals surface area contributed by atoms with Gasteiger partial charge >= 0.3 is 0 Å². The maximum atomic E-state index is 12.5. The second-order valence-electron chi connectivity index (χ2n) is 7.47. The third kappa shape index (κ3) is 4.60. The minimum atomic E-state index is -0.0310. The molecule has 0 aromatic heterocycles. The van der Waals surface area contributed by atoms with Crippen LogP contribution in [0.2, 0.25) is 0 Å².